The first kappa shape index (κ1) is 14.5. The molecule has 0 aliphatic rings. The SMILES string of the molecule is COc1cc(/C=C/c2cc(Br)ccc2O)cc(OC)c1. The van der Waals surface area contributed by atoms with Crippen molar-refractivity contribution in [1.29, 1.82) is 0 Å². The Morgan fingerprint density at radius 1 is 0.950 bits per heavy atom. The monoisotopic (exact) mass is 334 g/mol. The topological polar surface area (TPSA) is 38.7 Å². The number of ether oxygens (including phenoxy) is 2. The highest BCUT2D eigenvalue weighted by molar-refractivity contribution is 9.10. The molecule has 1 N–H and O–H groups in total. The van der Waals surface area contributed by atoms with Gasteiger partial charge in [-0.15, -0.1) is 0 Å². The van der Waals surface area contributed by atoms with Crippen molar-refractivity contribution in [2.75, 3.05) is 14.2 Å². The summed E-state index contributed by atoms with van der Waals surface area (Å²) in [6.45, 7) is 0. The molecule has 3 nitrogen and oxygen atoms in total. The molecule has 0 saturated carbocycles. The highest BCUT2D eigenvalue weighted by atomic mass is 79.9. The molecule has 0 bridgehead atoms. The van der Waals surface area contributed by atoms with E-state index in [1.807, 2.05) is 36.4 Å². The smallest absolute Gasteiger partial charge is 0.123 e. The second-order valence-corrected chi connectivity index (χ2v) is 5.10. The molecule has 20 heavy (non-hydrogen) atoms. The van der Waals surface area contributed by atoms with E-state index >= 15 is 0 Å². The number of halogens is 1. The van der Waals surface area contributed by atoms with Gasteiger partial charge in [0.1, 0.15) is 17.2 Å². The van der Waals surface area contributed by atoms with Gasteiger partial charge < -0.3 is 14.6 Å². The minimum absolute atomic E-state index is 0.235. The molecule has 0 fully saturated rings. The van der Waals surface area contributed by atoms with Crippen LogP contribution in [0, 0.1) is 0 Å². The predicted molar refractivity (Wildman–Crippen MR) is 84.3 cm³/mol. The summed E-state index contributed by atoms with van der Waals surface area (Å²) in [5.74, 6) is 1.68. The third kappa shape index (κ3) is 3.54. The van der Waals surface area contributed by atoms with Gasteiger partial charge in [0, 0.05) is 16.1 Å². The van der Waals surface area contributed by atoms with Crippen molar-refractivity contribution in [1.82, 2.24) is 0 Å². The van der Waals surface area contributed by atoms with Crippen molar-refractivity contribution in [3.63, 3.8) is 0 Å². The lowest BCUT2D eigenvalue weighted by atomic mass is 10.1. The highest BCUT2D eigenvalue weighted by Gasteiger charge is 2.01. The number of aromatic hydroxyl groups is 1. The maximum absolute atomic E-state index is 9.79. The molecule has 104 valence electrons. The molecule has 0 unspecified atom stereocenters. The zero-order chi connectivity index (χ0) is 14.5. The Labute approximate surface area is 126 Å². The maximum Gasteiger partial charge on any atom is 0.123 e. The summed E-state index contributed by atoms with van der Waals surface area (Å²) in [6, 6.07) is 10.9. The van der Waals surface area contributed by atoms with Gasteiger partial charge in [-0.1, -0.05) is 28.1 Å². The number of phenols is 1. The van der Waals surface area contributed by atoms with Gasteiger partial charge in [0.15, 0.2) is 0 Å². The molecule has 0 heterocycles. The van der Waals surface area contributed by atoms with Gasteiger partial charge in [-0.3, -0.25) is 0 Å². The van der Waals surface area contributed by atoms with Gasteiger partial charge in [-0.05, 0) is 35.9 Å². The number of phenolic OH excluding ortho intramolecular Hbond substituents is 1. The highest BCUT2D eigenvalue weighted by Crippen LogP contribution is 2.26. The maximum atomic E-state index is 9.79. The molecular weight excluding hydrogens is 320 g/mol. The van der Waals surface area contributed by atoms with Crippen molar-refractivity contribution in [3.8, 4) is 17.2 Å². The van der Waals surface area contributed by atoms with Gasteiger partial charge >= 0.3 is 0 Å². The minimum atomic E-state index is 0.235. The molecule has 4 heteroatoms. The molecule has 0 aliphatic heterocycles. The largest absolute Gasteiger partial charge is 0.507 e. The fourth-order valence-corrected chi connectivity index (χ4v) is 2.15. The molecular formula is C16H15BrO3. The van der Waals surface area contributed by atoms with Gasteiger partial charge in [0.2, 0.25) is 0 Å². The van der Waals surface area contributed by atoms with Crippen LogP contribution in [0.15, 0.2) is 40.9 Å². The second kappa shape index (κ2) is 6.48. The van der Waals surface area contributed by atoms with Crippen molar-refractivity contribution in [3.05, 3.63) is 52.0 Å². The lowest BCUT2D eigenvalue weighted by molar-refractivity contribution is 0.394. The molecule has 0 aliphatic carbocycles. The molecule has 2 aromatic rings. The van der Waals surface area contributed by atoms with E-state index < -0.39 is 0 Å². The van der Waals surface area contributed by atoms with Crippen molar-refractivity contribution >= 4 is 28.1 Å². The van der Waals surface area contributed by atoms with Crippen LogP contribution in [0.3, 0.4) is 0 Å². The summed E-state index contributed by atoms with van der Waals surface area (Å²) in [7, 11) is 3.23. The number of benzene rings is 2. The zero-order valence-corrected chi connectivity index (χ0v) is 12.8. The van der Waals surface area contributed by atoms with E-state index in [1.165, 1.54) is 0 Å². The first-order valence-corrected chi connectivity index (χ1v) is 6.81. The summed E-state index contributed by atoms with van der Waals surface area (Å²) >= 11 is 3.38. The number of methoxy groups -OCH3 is 2. The van der Waals surface area contributed by atoms with Gasteiger partial charge in [0.25, 0.3) is 0 Å². The van der Waals surface area contributed by atoms with E-state index in [0.29, 0.717) is 0 Å². The van der Waals surface area contributed by atoms with Crippen LogP contribution in [0.5, 0.6) is 17.2 Å². The number of rotatable bonds is 4. The van der Waals surface area contributed by atoms with Crippen molar-refractivity contribution in [2.45, 2.75) is 0 Å². The fraction of sp³-hybridized carbons (Fsp3) is 0.125. The van der Waals surface area contributed by atoms with Crippen molar-refractivity contribution in [2.24, 2.45) is 0 Å². The molecule has 2 rings (SSSR count). The second-order valence-electron chi connectivity index (χ2n) is 4.18. The van der Waals surface area contributed by atoms with Crippen LogP contribution in [0.4, 0.5) is 0 Å². The van der Waals surface area contributed by atoms with Crippen LogP contribution in [0.1, 0.15) is 11.1 Å². The molecule has 0 saturated heterocycles. The van der Waals surface area contributed by atoms with Crippen LogP contribution in [-0.4, -0.2) is 19.3 Å². The molecule has 2 aromatic carbocycles. The Bertz CT molecular complexity index is 613. The Balaban J connectivity index is 2.33. The molecule has 0 atom stereocenters. The number of hydrogen-bond donors (Lipinski definition) is 1. The van der Waals surface area contributed by atoms with Crippen LogP contribution in [0.2, 0.25) is 0 Å². The Morgan fingerprint density at radius 2 is 1.60 bits per heavy atom. The molecule has 0 radical (unpaired) electrons. The Kier molecular flexibility index (Phi) is 4.69. The third-order valence-electron chi connectivity index (χ3n) is 2.82. The van der Waals surface area contributed by atoms with E-state index in [9.17, 15) is 5.11 Å². The lowest BCUT2D eigenvalue weighted by Crippen LogP contribution is -1.88. The third-order valence-corrected chi connectivity index (χ3v) is 3.31. The van der Waals surface area contributed by atoms with Crippen LogP contribution in [-0.2, 0) is 0 Å². The summed E-state index contributed by atoms with van der Waals surface area (Å²) < 4.78 is 11.4. The summed E-state index contributed by atoms with van der Waals surface area (Å²) in [5.41, 5.74) is 1.67. The van der Waals surface area contributed by atoms with E-state index in [0.717, 1.165) is 27.1 Å². The van der Waals surface area contributed by atoms with E-state index in [4.69, 9.17) is 9.47 Å². The van der Waals surface area contributed by atoms with Gasteiger partial charge in [-0.25, -0.2) is 0 Å². The number of hydrogen-bond acceptors (Lipinski definition) is 3. The first-order chi connectivity index (χ1) is 9.62. The van der Waals surface area contributed by atoms with Crippen LogP contribution >= 0.6 is 15.9 Å². The standard InChI is InChI=1S/C16H15BrO3/c1-19-14-7-11(8-15(10-14)20-2)3-4-12-9-13(17)5-6-16(12)18/h3-10,18H,1-2H3/b4-3+. The van der Waals surface area contributed by atoms with E-state index in [1.54, 1.807) is 26.4 Å². The van der Waals surface area contributed by atoms with E-state index in [2.05, 4.69) is 15.9 Å². The normalized spacial score (nSPS) is 10.8. The lowest BCUT2D eigenvalue weighted by Gasteiger charge is -2.06. The van der Waals surface area contributed by atoms with Gasteiger partial charge in [-0.2, -0.15) is 0 Å². The average Bonchev–Trinajstić information content (AvgIpc) is 2.47. The van der Waals surface area contributed by atoms with Crippen LogP contribution < -0.4 is 9.47 Å². The summed E-state index contributed by atoms with van der Waals surface area (Å²) in [5, 5.41) is 9.79. The molecule has 0 aromatic heterocycles. The van der Waals surface area contributed by atoms with Crippen molar-refractivity contribution < 1.29 is 14.6 Å². The van der Waals surface area contributed by atoms with Crippen LogP contribution in [0.25, 0.3) is 12.2 Å². The first-order valence-electron chi connectivity index (χ1n) is 6.02. The fourth-order valence-electron chi connectivity index (χ4n) is 1.77. The minimum Gasteiger partial charge on any atom is -0.507 e. The average molecular weight is 335 g/mol. The Hall–Kier alpha value is -1.94. The van der Waals surface area contributed by atoms with E-state index in [-0.39, 0.29) is 5.75 Å². The predicted octanol–water partition coefficient (Wildman–Crippen LogP) is 4.34. The molecule has 0 spiro atoms. The Morgan fingerprint density at radius 3 is 2.20 bits per heavy atom. The molecule has 0 amide bonds. The quantitative estimate of drug-likeness (QED) is 0.845. The van der Waals surface area contributed by atoms with Gasteiger partial charge in [0.05, 0.1) is 14.2 Å². The summed E-state index contributed by atoms with van der Waals surface area (Å²) in [6.07, 6.45) is 3.74. The summed E-state index contributed by atoms with van der Waals surface area (Å²) in [4.78, 5) is 0. The zero-order valence-electron chi connectivity index (χ0n) is 11.3.